The van der Waals surface area contributed by atoms with Crippen molar-refractivity contribution < 1.29 is 14.6 Å². The van der Waals surface area contributed by atoms with Crippen LogP contribution < -0.4 is 0 Å². The van der Waals surface area contributed by atoms with Crippen LogP contribution in [0.4, 0.5) is 0 Å². The molecule has 0 aliphatic carbocycles. The Labute approximate surface area is 132 Å². The number of aliphatic hydroxyl groups is 1. The molecule has 1 rings (SSSR count). The minimum atomic E-state index is -1.80. The van der Waals surface area contributed by atoms with Crippen LogP contribution in [0.1, 0.15) is 50.7 Å². The smallest absolute Gasteiger partial charge is 0.344 e. The third-order valence-corrected chi connectivity index (χ3v) is 4.35. The predicted molar refractivity (Wildman–Crippen MR) is 85.5 cm³/mol. The summed E-state index contributed by atoms with van der Waals surface area (Å²) in [6.45, 7) is 4.15. The average Bonchev–Trinajstić information content (AvgIpc) is 2.53. The molecule has 0 unspecified atom stereocenters. The van der Waals surface area contributed by atoms with Crippen molar-refractivity contribution in [2.45, 2.75) is 56.9 Å². The van der Waals surface area contributed by atoms with E-state index in [1.54, 1.807) is 12.1 Å². The van der Waals surface area contributed by atoms with Crippen molar-refractivity contribution >= 4 is 17.6 Å². The molecule has 0 spiro atoms. The molecule has 21 heavy (non-hydrogen) atoms. The molecule has 1 N–H and O–H groups in total. The van der Waals surface area contributed by atoms with E-state index in [2.05, 4.69) is 13.8 Å². The number of halogens is 1. The first-order valence-electron chi connectivity index (χ1n) is 7.54. The lowest BCUT2D eigenvalue weighted by Gasteiger charge is -2.30. The Morgan fingerprint density at radius 3 is 2.38 bits per heavy atom. The van der Waals surface area contributed by atoms with Crippen LogP contribution in [0.2, 0.25) is 0 Å². The van der Waals surface area contributed by atoms with Gasteiger partial charge in [0.25, 0.3) is 0 Å². The zero-order chi connectivity index (χ0) is 15.9. The second kappa shape index (κ2) is 8.40. The molecule has 1 aromatic carbocycles. The largest absolute Gasteiger partial charge is 0.467 e. The fraction of sp³-hybridized carbons (Fsp3) is 0.588. The van der Waals surface area contributed by atoms with Gasteiger partial charge in [-0.15, -0.1) is 11.6 Å². The van der Waals surface area contributed by atoms with Crippen LogP contribution in [0.15, 0.2) is 24.3 Å². The van der Waals surface area contributed by atoms with Crippen molar-refractivity contribution in [3.8, 4) is 0 Å². The zero-order valence-corrected chi connectivity index (χ0v) is 13.8. The van der Waals surface area contributed by atoms with Crippen LogP contribution in [0.3, 0.4) is 0 Å². The number of aryl methyl sites for hydroxylation is 1. The Morgan fingerprint density at radius 2 is 1.90 bits per heavy atom. The minimum Gasteiger partial charge on any atom is -0.467 e. The molecule has 0 aliphatic heterocycles. The molecule has 0 aromatic heterocycles. The van der Waals surface area contributed by atoms with Gasteiger partial charge < -0.3 is 9.84 Å². The van der Waals surface area contributed by atoms with Crippen molar-refractivity contribution in [3.05, 3.63) is 35.4 Å². The predicted octanol–water partition coefficient (Wildman–Crippen LogP) is 3.80. The fourth-order valence-electron chi connectivity index (χ4n) is 2.36. The first-order chi connectivity index (χ1) is 10.00. The molecule has 1 aromatic rings. The van der Waals surface area contributed by atoms with Crippen molar-refractivity contribution in [2.24, 2.45) is 0 Å². The molecule has 0 saturated carbocycles. The molecule has 0 bridgehead atoms. The van der Waals surface area contributed by atoms with E-state index in [1.807, 2.05) is 12.1 Å². The van der Waals surface area contributed by atoms with Gasteiger partial charge in [0.1, 0.15) is 0 Å². The normalized spacial score (nSPS) is 15.3. The topological polar surface area (TPSA) is 46.5 Å². The summed E-state index contributed by atoms with van der Waals surface area (Å²) in [5.74, 6) is -0.705. The number of carbonyl (C=O) groups is 1. The van der Waals surface area contributed by atoms with Gasteiger partial charge in [-0.3, -0.25) is 0 Å². The maximum Gasteiger partial charge on any atom is 0.344 e. The van der Waals surface area contributed by atoms with E-state index in [-0.39, 0.29) is 0 Å². The fourth-order valence-corrected chi connectivity index (χ4v) is 2.73. The summed E-state index contributed by atoms with van der Waals surface area (Å²) in [7, 11) is 1.27. The highest BCUT2D eigenvalue weighted by molar-refractivity contribution is 6.23. The lowest BCUT2D eigenvalue weighted by Crippen LogP contribution is -2.45. The number of methoxy groups -OCH3 is 1. The lowest BCUT2D eigenvalue weighted by atomic mass is 9.87. The van der Waals surface area contributed by atoms with E-state index in [1.165, 1.54) is 7.11 Å². The van der Waals surface area contributed by atoms with Crippen LogP contribution >= 0.6 is 11.6 Å². The first kappa shape index (κ1) is 18.0. The Bertz CT molecular complexity index is 444. The minimum absolute atomic E-state index is 0.489. The van der Waals surface area contributed by atoms with Crippen molar-refractivity contribution in [2.75, 3.05) is 7.11 Å². The summed E-state index contributed by atoms with van der Waals surface area (Å²) >= 11 is 6.35. The third kappa shape index (κ3) is 4.21. The van der Waals surface area contributed by atoms with Gasteiger partial charge in [-0.1, -0.05) is 57.4 Å². The Morgan fingerprint density at radius 1 is 1.29 bits per heavy atom. The summed E-state index contributed by atoms with van der Waals surface area (Å²) in [5.41, 5.74) is -0.165. The average molecular weight is 313 g/mol. The molecule has 0 saturated heterocycles. The molecule has 3 nitrogen and oxygen atoms in total. The van der Waals surface area contributed by atoms with Crippen LogP contribution in [-0.2, 0) is 21.6 Å². The van der Waals surface area contributed by atoms with Crippen molar-refractivity contribution in [1.29, 1.82) is 0 Å². The summed E-state index contributed by atoms with van der Waals surface area (Å²) in [4.78, 5) is 12.1. The highest BCUT2D eigenvalue weighted by Gasteiger charge is 2.45. The monoisotopic (exact) mass is 312 g/mol. The molecule has 118 valence electrons. The van der Waals surface area contributed by atoms with Crippen LogP contribution in [0.25, 0.3) is 0 Å². The summed E-state index contributed by atoms with van der Waals surface area (Å²) in [6.07, 6.45) is 4.42. The number of rotatable bonds is 8. The second-order valence-electron chi connectivity index (χ2n) is 5.27. The van der Waals surface area contributed by atoms with Crippen LogP contribution in [0, 0.1) is 0 Å². The van der Waals surface area contributed by atoms with Crippen LogP contribution in [0.5, 0.6) is 0 Å². The number of ether oxygens (including phenoxy) is 1. The molecule has 0 aliphatic rings. The molecule has 0 radical (unpaired) electrons. The molecule has 2 atom stereocenters. The first-order valence-corrected chi connectivity index (χ1v) is 7.98. The number of alkyl halides is 1. The second-order valence-corrected chi connectivity index (χ2v) is 5.80. The number of unbranched alkanes of at least 4 members (excludes halogenated alkanes) is 2. The molecular weight excluding hydrogens is 288 g/mol. The highest BCUT2D eigenvalue weighted by Crippen LogP contribution is 2.33. The van der Waals surface area contributed by atoms with Crippen LogP contribution in [-0.4, -0.2) is 23.6 Å². The van der Waals surface area contributed by atoms with E-state index < -0.39 is 16.9 Å². The van der Waals surface area contributed by atoms with E-state index >= 15 is 0 Å². The maximum atomic E-state index is 12.1. The molecule has 0 amide bonds. The molecule has 0 fully saturated rings. The molecular formula is C17H25ClO3. The molecule has 4 heteroatoms. The summed E-state index contributed by atoms with van der Waals surface area (Å²) in [5, 5.41) is 10.2. The van der Waals surface area contributed by atoms with Gasteiger partial charge >= 0.3 is 5.97 Å². The van der Waals surface area contributed by atoms with E-state index in [9.17, 15) is 9.90 Å². The van der Waals surface area contributed by atoms with Gasteiger partial charge in [0, 0.05) is 0 Å². The summed E-state index contributed by atoms with van der Waals surface area (Å²) < 4.78 is 4.78. The standard InChI is InChI=1S/C17H25ClO3/c1-4-6-7-8-15(18)17(20,16(19)21-3)14-11-9-13(5-2)10-12-14/h9-12,15,20H,4-8H2,1-3H3/t15-,17-/m1/s1. The van der Waals surface area contributed by atoms with Gasteiger partial charge in [-0.2, -0.15) is 0 Å². The number of benzene rings is 1. The van der Waals surface area contributed by atoms with E-state index in [0.717, 1.165) is 31.2 Å². The number of esters is 1. The quantitative estimate of drug-likeness (QED) is 0.451. The van der Waals surface area contributed by atoms with Crippen molar-refractivity contribution in [1.82, 2.24) is 0 Å². The zero-order valence-electron chi connectivity index (χ0n) is 13.1. The van der Waals surface area contributed by atoms with E-state index in [4.69, 9.17) is 16.3 Å². The Kier molecular flexibility index (Phi) is 7.20. The highest BCUT2D eigenvalue weighted by atomic mass is 35.5. The Hall–Kier alpha value is -1.06. The van der Waals surface area contributed by atoms with Gasteiger partial charge in [-0.25, -0.2) is 4.79 Å². The third-order valence-electron chi connectivity index (χ3n) is 3.81. The number of hydrogen-bond acceptors (Lipinski definition) is 3. The van der Waals surface area contributed by atoms with E-state index in [0.29, 0.717) is 12.0 Å². The van der Waals surface area contributed by atoms with Gasteiger partial charge in [0.05, 0.1) is 12.5 Å². The maximum absolute atomic E-state index is 12.1. The number of carbonyl (C=O) groups excluding carboxylic acids is 1. The lowest BCUT2D eigenvalue weighted by molar-refractivity contribution is -0.164. The SMILES string of the molecule is CCCCC[C@@H](Cl)[C@@](O)(C(=O)OC)c1ccc(CC)cc1. The van der Waals surface area contributed by atoms with Crippen molar-refractivity contribution in [3.63, 3.8) is 0 Å². The van der Waals surface area contributed by atoms with Gasteiger partial charge in [-0.05, 0) is 24.0 Å². The number of hydrogen-bond donors (Lipinski definition) is 1. The Balaban J connectivity index is 3.04. The summed E-state index contributed by atoms with van der Waals surface area (Å²) in [6, 6.07) is 7.31. The van der Waals surface area contributed by atoms with Gasteiger partial charge in [0.15, 0.2) is 0 Å². The molecule has 0 heterocycles. The van der Waals surface area contributed by atoms with Gasteiger partial charge in [0.2, 0.25) is 5.60 Å².